The molecule has 0 spiro atoms. The molecule has 0 atom stereocenters. The third kappa shape index (κ3) is 4.17. The van der Waals surface area contributed by atoms with Gasteiger partial charge in [0.15, 0.2) is 0 Å². The molecule has 2 aromatic rings. The second kappa shape index (κ2) is 7.06. The van der Waals surface area contributed by atoms with E-state index in [0.717, 1.165) is 32.8 Å². The van der Waals surface area contributed by atoms with Gasteiger partial charge in [0.2, 0.25) is 0 Å². The topological polar surface area (TPSA) is 12.0 Å². The van der Waals surface area contributed by atoms with Gasteiger partial charge in [0.1, 0.15) is 0 Å². The van der Waals surface area contributed by atoms with Crippen LogP contribution in [0.1, 0.15) is 24.0 Å². The summed E-state index contributed by atoms with van der Waals surface area (Å²) in [6.45, 7) is 0.885. The normalized spacial score (nSPS) is 14.4. The van der Waals surface area contributed by atoms with Crippen molar-refractivity contribution in [1.29, 1.82) is 0 Å². The molecule has 0 aliphatic heterocycles. The number of halogens is 2. The molecule has 0 aromatic heterocycles. The molecular weight excluding hydrogens is 321 g/mol. The first-order chi connectivity index (χ1) is 10.2. The number of rotatable bonds is 6. The predicted molar refractivity (Wildman–Crippen MR) is 92.3 cm³/mol. The average Bonchev–Trinajstić information content (AvgIpc) is 3.30. The van der Waals surface area contributed by atoms with Crippen molar-refractivity contribution in [3.8, 4) is 0 Å². The van der Waals surface area contributed by atoms with Crippen LogP contribution in [-0.4, -0.2) is 6.04 Å². The smallest absolute Gasteiger partial charge is 0.0545 e. The Morgan fingerprint density at radius 3 is 2.43 bits per heavy atom. The van der Waals surface area contributed by atoms with E-state index in [1.54, 1.807) is 11.8 Å². The van der Waals surface area contributed by atoms with E-state index in [4.69, 9.17) is 23.2 Å². The SMILES string of the molecule is Clc1ccccc1CSc1c(Cl)cccc1CNC1CC1. The van der Waals surface area contributed by atoms with Crippen LogP contribution in [0.5, 0.6) is 0 Å². The van der Waals surface area contributed by atoms with Gasteiger partial charge in [-0.15, -0.1) is 11.8 Å². The second-order valence-electron chi connectivity index (χ2n) is 5.26. The van der Waals surface area contributed by atoms with E-state index in [1.807, 2.05) is 30.3 Å². The standard InChI is InChI=1S/C17H17Cl2NS/c18-15-6-2-1-4-13(15)11-21-17-12(5-3-7-16(17)19)10-20-14-8-9-14/h1-7,14,20H,8-11H2. The average molecular weight is 338 g/mol. The van der Waals surface area contributed by atoms with Crippen molar-refractivity contribution >= 4 is 35.0 Å². The van der Waals surface area contributed by atoms with Crippen LogP contribution in [0.15, 0.2) is 47.4 Å². The van der Waals surface area contributed by atoms with E-state index in [9.17, 15) is 0 Å². The van der Waals surface area contributed by atoms with Crippen LogP contribution in [-0.2, 0) is 12.3 Å². The summed E-state index contributed by atoms with van der Waals surface area (Å²) in [6.07, 6.45) is 2.59. The fraction of sp³-hybridized carbons (Fsp3) is 0.294. The molecule has 1 aliphatic rings. The Balaban J connectivity index is 1.72. The molecule has 0 heterocycles. The molecular formula is C17H17Cl2NS. The van der Waals surface area contributed by atoms with E-state index < -0.39 is 0 Å². The number of benzene rings is 2. The van der Waals surface area contributed by atoms with E-state index in [2.05, 4.69) is 17.4 Å². The van der Waals surface area contributed by atoms with Crippen LogP contribution in [0.2, 0.25) is 10.0 Å². The molecule has 0 radical (unpaired) electrons. The Morgan fingerprint density at radius 1 is 0.952 bits per heavy atom. The Hall–Kier alpha value is -0.670. The van der Waals surface area contributed by atoms with Crippen molar-refractivity contribution in [2.24, 2.45) is 0 Å². The van der Waals surface area contributed by atoms with Gasteiger partial charge in [0, 0.05) is 28.3 Å². The fourth-order valence-electron chi connectivity index (χ4n) is 2.16. The van der Waals surface area contributed by atoms with E-state index in [0.29, 0.717) is 6.04 Å². The van der Waals surface area contributed by atoms with Crippen molar-refractivity contribution in [1.82, 2.24) is 5.32 Å². The van der Waals surface area contributed by atoms with Gasteiger partial charge in [0.25, 0.3) is 0 Å². The van der Waals surface area contributed by atoms with Crippen LogP contribution < -0.4 is 5.32 Å². The zero-order chi connectivity index (χ0) is 14.7. The van der Waals surface area contributed by atoms with Crippen LogP contribution in [0.4, 0.5) is 0 Å². The molecule has 1 fully saturated rings. The summed E-state index contributed by atoms with van der Waals surface area (Å²) in [4.78, 5) is 1.16. The summed E-state index contributed by atoms with van der Waals surface area (Å²) < 4.78 is 0. The van der Waals surface area contributed by atoms with Crippen LogP contribution in [0.3, 0.4) is 0 Å². The van der Waals surface area contributed by atoms with Crippen molar-refractivity contribution in [3.63, 3.8) is 0 Å². The van der Waals surface area contributed by atoms with Crippen molar-refractivity contribution in [2.75, 3.05) is 0 Å². The number of nitrogens with one attached hydrogen (secondary N) is 1. The minimum atomic E-state index is 0.699. The number of thioether (sulfide) groups is 1. The third-order valence-electron chi connectivity index (χ3n) is 3.54. The molecule has 2 aromatic carbocycles. The highest BCUT2D eigenvalue weighted by Crippen LogP contribution is 2.34. The van der Waals surface area contributed by atoms with Crippen molar-refractivity contribution < 1.29 is 0 Å². The quantitative estimate of drug-likeness (QED) is 0.694. The Labute approximate surface area is 140 Å². The van der Waals surface area contributed by atoms with Crippen molar-refractivity contribution in [2.45, 2.75) is 36.1 Å². The Bertz CT molecular complexity index is 626. The highest BCUT2D eigenvalue weighted by atomic mass is 35.5. The molecule has 1 N–H and O–H groups in total. The molecule has 1 nitrogen and oxygen atoms in total. The number of hydrogen-bond donors (Lipinski definition) is 1. The van der Waals surface area contributed by atoms with Gasteiger partial charge in [-0.2, -0.15) is 0 Å². The first-order valence-electron chi connectivity index (χ1n) is 7.11. The first kappa shape index (κ1) is 15.2. The summed E-state index contributed by atoms with van der Waals surface area (Å²) in [5.74, 6) is 0.833. The molecule has 3 rings (SSSR count). The monoisotopic (exact) mass is 337 g/mol. The van der Waals surface area contributed by atoms with Crippen molar-refractivity contribution in [3.05, 3.63) is 63.6 Å². The molecule has 0 saturated heterocycles. The minimum absolute atomic E-state index is 0.699. The largest absolute Gasteiger partial charge is 0.310 e. The molecule has 1 saturated carbocycles. The van der Waals surface area contributed by atoms with Gasteiger partial charge >= 0.3 is 0 Å². The lowest BCUT2D eigenvalue weighted by molar-refractivity contribution is 0.680. The molecule has 110 valence electrons. The summed E-state index contributed by atoms with van der Waals surface area (Å²) >= 11 is 14.4. The van der Waals surface area contributed by atoms with Crippen LogP contribution in [0, 0.1) is 0 Å². The first-order valence-corrected chi connectivity index (χ1v) is 8.85. The zero-order valence-electron chi connectivity index (χ0n) is 11.6. The van der Waals surface area contributed by atoms with E-state index >= 15 is 0 Å². The van der Waals surface area contributed by atoms with E-state index in [-0.39, 0.29) is 0 Å². The molecule has 4 heteroatoms. The van der Waals surface area contributed by atoms with Gasteiger partial charge in [-0.25, -0.2) is 0 Å². The van der Waals surface area contributed by atoms with Gasteiger partial charge in [-0.1, -0.05) is 53.5 Å². The summed E-state index contributed by atoms with van der Waals surface area (Å²) in [7, 11) is 0. The summed E-state index contributed by atoms with van der Waals surface area (Å²) in [6, 6.07) is 14.8. The summed E-state index contributed by atoms with van der Waals surface area (Å²) in [5.41, 5.74) is 2.41. The Morgan fingerprint density at radius 2 is 1.67 bits per heavy atom. The lowest BCUT2D eigenvalue weighted by atomic mass is 10.2. The predicted octanol–water partition coefficient (Wildman–Crippen LogP) is 5.54. The van der Waals surface area contributed by atoms with Gasteiger partial charge in [-0.3, -0.25) is 0 Å². The molecule has 21 heavy (non-hydrogen) atoms. The maximum absolute atomic E-state index is 6.38. The van der Waals surface area contributed by atoms with Gasteiger partial charge in [-0.05, 0) is 36.1 Å². The third-order valence-corrected chi connectivity index (χ3v) is 5.56. The molecule has 0 bridgehead atoms. The van der Waals surface area contributed by atoms with Gasteiger partial charge in [0.05, 0.1) is 5.02 Å². The Kier molecular flexibility index (Phi) is 5.12. The highest BCUT2D eigenvalue weighted by Gasteiger charge is 2.20. The van der Waals surface area contributed by atoms with E-state index in [1.165, 1.54) is 18.4 Å². The fourth-order valence-corrected chi connectivity index (χ4v) is 3.88. The highest BCUT2D eigenvalue weighted by molar-refractivity contribution is 7.98. The lowest BCUT2D eigenvalue weighted by Crippen LogP contribution is -2.15. The maximum atomic E-state index is 6.38. The van der Waals surface area contributed by atoms with Gasteiger partial charge < -0.3 is 5.32 Å². The lowest BCUT2D eigenvalue weighted by Gasteiger charge is -2.12. The molecule has 1 aliphatic carbocycles. The second-order valence-corrected chi connectivity index (χ2v) is 7.06. The molecule has 0 amide bonds. The number of hydrogen-bond acceptors (Lipinski definition) is 2. The van der Waals surface area contributed by atoms with Crippen LogP contribution >= 0.6 is 35.0 Å². The zero-order valence-corrected chi connectivity index (χ0v) is 13.9. The summed E-state index contributed by atoms with van der Waals surface area (Å²) in [5, 5.41) is 5.19. The molecule has 0 unspecified atom stereocenters. The minimum Gasteiger partial charge on any atom is -0.310 e. The van der Waals surface area contributed by atoms with Crippen LogP contribution in [0.25, 0.3) is 0 Å². The maximum Gasteiger partial charge on any atom is 0.0545 e.